The van der Waals surface area contributed by atoms with Gasteiger partial charge >= 0.3 is 0 Å². The second kappa shape index (κ2) is 5.78. The van der Waals surface area contributed by atoms with Crippen LogP contribution in [0.5, 0.6) is 5.75 Å². The molecule has 4 heteroatoms. The lowest BCUT2D eigenvalue weighted by molar-refractivity contribution is 0.0603. The van der Waals surface area contributed by atoms with Crippen LogP contribution in [0.4, 0.5) is 5.69 Å². The third-order valence-electron chi connectivity index (χ3n) is 6.81. The first-order valence-corrected chi connectivity index (χ1v) is 10.7. The second-order valence-electron chi connectivity index (χ2n) is 8.79. The van der Waals surface area contributed by atoms with Crippen molar-refractivity contribution in [2.45, 2.75) is 50.7 Å². The van der Waals surface area contributed by atoms with Crippen molar-refractivity contribution in [3.8, 4) is 5.75 Å². The predicted octanol–water partition coefficient (Wildman–Crippen LogP) is 6.82. The Balaban J connectivity index is 1.66. The van der Waals surface area contributed by atoms with Gasteiger partial charge in [-0.3, -0.25) is 0 Å². The van der Waals surface area contributed by atoms with Crippen LogP contribution in [0.1, 0.15) is 44.7 Å². The first-order chi connectivity index (χ1) is 12.8. The average molecular weight is 445 g/mol. The lowest BCUT2D eigenvalue weighted by Gasteiger charge is -2.54. The summed E-state index contributed by atoms with van der Waals surface area (Å²) in [5.74, 6) is 1.48. The minimum Gasteiger partial charge on any atom is -0.482 e. The highest BCUT2D eigenvalue weighted by molar-refractivity contribution is 9.10. The van der Waals surface area contributed by atoms with Gasteiger partial charge in [0.25, 0.3) is 0 Å². The lowest BCUT2D eigenvalue weighted by Crippen LogP contribution is -2.57. The highest BCUT2D eigenvalue weighted by Gasteiger charge is 2.52. The van der Waals surface area contributed by atoms with E-state index in [9.17, 15) is 0 Å². The Hall–Kier alpha value is -1.45. The molecule has 1 saturated carbocycles. The highest BCUT2D eigenvalue weighted by Crippen LogP contribution is 2.54. The summed E-state index contributed by atoms with van der Waals surface area (Å²) in [5.41, 5.74) is 4.82. The van der Waals surface area contributed by atoms with Crippen molar-refractivity contribution in [2.24, 2.45) is 5.92 Å². The van der Waals surface area contributed by atoms with Crippen molar-refractivity contribution < 1.29 is 4.74 Å². The van der Waals surface area contributed by atoms with E-state index in [4.69, 9.17) is 16.3 Å². The summed E-state index contributed by atoms with van der Waals surface area (Å²) < 4.78 is 7.63. The molecule has 1 aliphatic carbocycles. The molecule has 0 aromatic heterocycles. The predicted molar refractivity (Wildman–Crippen MR) is 116 cm³/mol. The van der Waals surface area contributed by atoms with Crippen LogP contribution in [-0.2, 0) is 5.41 Å². The molecule has 1 fully saturated rings. The highest BCUT2D eigenvalue weighted by atomic mass is 79.9. The van der Waals surface area contributed by atoms with Gasteiger partial charge in [0.2, 0.25) is 0 Å². The third-order valence-corrected chi connectivity index (χ3v) is 7.54. The van der Waals surface area contributed by atoms with Gasteiger partial charge in [0.1, 0.15) is 11.4 Å². The molecule has 2 aliphatic heterocycles. The zero-order valence-corrected chi connectivity index (χ0v) is 18.1. The van der Waals surface area contributed by atoms with E-state index in [1.165, 1.54) is 16.8 Å². The van der Waals surface area contributed by atoms with Gasteiger partial charge in [-0.15, -0.1) is 0 Å². The molecule has 1 N–H and O–H groups in total. The van der Waals surface area contributed by atoms with Crippen molar-refractivity contribution >= 4 is 39.3 Å². The van der Waals surface area contributed by atoms with E-state index in [1.54, 1.807) is 0 Å². The number of nitrogens with one attached hydrogen (secondary N) is 1. The number of hydrogen-bond donors (Lipinski definition) is 1. The third kappa shape index (κ3) is 2.58. The van der Waals surface area contributed by atoms with Gasteiger partial charge < -0.3 is 10.1 Å². The molecular weight excluding hydrogens is 422 g/mol. The van der Waals surface area contributed by atoms with E-state index in [0.29, 0.717) is 5.92 Å². The molecule has 0 bridgehead atoms. The van der Waals surface area contributed by atoms with Gasteiger partial charge in [-0.2, -0.15) is 0 Å². The van der Waals surface area contributed by atoms with Gasteiger partial charge in [0, 0.05) is 20.7 Å². The summed E-state index contributed by atoms with van der Waals surface area (Å²) in [6.45, 7) is 6.96. The maximum Gasteiger partial charge on any atom is 0.130 e. The van der Waals surface area contributed by atoms with Crippen molar-refractivity contribution in [1.29, 1.82) is 0 Å². The van der Waals surface area contributed by atoms with Crippen LogP contribution in [0, 0.1) is 5.92 Å². The SMILES string of the molecule is CC12CC[C@H]3[C@@H](Nc4ccc(Cl)cc4C3(C)C)C1=Cc1cc(Br)ccc1O2. The van der Waals surface area contributed by atoms with Crippen LogP contribution >= 0.6 is 27.5 Å². The van der Waals surface area contributed by atoms with Crippen molar-refractivity contribution in [2.75, 3.05) is 5.32 Å². The summed E-state index contributed by atoms with van der Waals surface area (Å²) >= 11 is 9.91. The molecule has 5 rings (SSSR count). The normalized spacial score (nSPS) is 29.9. The Kier molecular flexibility index (Phi) is 3.77. The molecular formula is C23H23BrClNO. The van der Waals surface area contributed by atoms with Gasteiger partial charge in [0.15, 0.2) is 0 Å². The van der Waals surface area contributed by atoms with Gasteiger partial charge in [-0.1, -0.05) is 41.4 Å². The maximum absolute atomic E-state index is 6.55. The van der Waals surface area contributed by atoms with Crippen LogP contribution in [0.3, 0.4) is 0 Å². The molecule has 3 atom stereocenters. The molecule has 3 aliphatic rings. The molecule has 0 spiro atoms. The summed E-state index contributed by atoms with van der Waals surface area (Å²) in [6, 6.07) is 12.8. The first-order valence-electron chi connectivity index (χ1n) is 9.55. The molecule has 2 aromatic carbocycles. The zero-order chi connectivity index (χ0) is 19.0. The van der Waals surface area contributed by atoms with Crippen molar-refractivity contribution in [3.05, 3.63) is 62.6 Å². The maximum atomic E-state index is 6.55. The van der Waals surface area contributed by atoms with Crippen LogP contribution in [0.2, 0.25) is 5.02 Å². The molecule has 2 aromatic rings. The van der Waals surface area contributed by atoms with E-state index in [2.05, 4.69) is 78.4 Å². The Morgan fingerprint density at radius 3 is 2.78 bits per heavy atom. The van der Waals surface area contributed by atoms with Gasteiger partial charge in [-0.25, -0.2) is 0 Å². The molecule has 1 unspecified atom stereocenters. The second-order valence-corrected chi connectivity index (χ2v) is 10.1. The Bertz CT molecular complexity index is 982. The number of benzene rings is 2. The molecule has 140 valence electrons. The fourth-order valence-corrected chi connectivity index (χ4v) is 5.82. The molecule has 0 amide bonds. The van der Waals surface area contributed by atoms with Gasteiger partial charge in [-0.05, 0) is 84.7 Å². The summed E-state index contributed by atoms with van der Waals surface area (Å²) in [7, 11) is 0. The van der Waals surface area contributed by atoms with E-state index >= 15 is 0 Å². The minimum atomic E-state index is -0.255. The molecule has 2 heterocycles. The monoisotopic (exact) mass is 443 g/mol. The number of rotatable bonds is 0. The molecule has 27 heavy (non-hydrogen) atoms. The summed E-state index contributed by atoms with van der Waals surface area (Å²) in [5, 5.41) is 4.64. The average Bonchev–Trinajstić information content (AvgIpc) is 2.61. The molecule has 0 saturated heterocycles. The van der Waals surface area contributed by atoms with Crippen LogP contribution in [0.15, 0.2) is 46.4 Å². The Morgan fingerprint density at radius 1 is 1.15 bits per heavy atom. The standard InChI is InChI=1S/C23H23BrClNO/c1-22(2)16-8-9-23(3)18(11-13-10-14(24)4-7-20(13)27-23)21(16)26-19-6-5-15(25)12-17(19)22/h4-7,10-12,16,21,26H,8-9H2,1-3H3/t16-,21+,23?/m0/s1. The Labute approximate surface area is 174 Å². The largest absolute Gasteiger partial charge is 0.482 e. The molecule has 2 nitrogen and oxygen atoms in total. The number of ether oxygens (including phenoxy) is 1. The van der Waals surface area contributed by atoms with Crippen LogP contribution < -0.4 is 10.1 Å². The van der Waals surface area contributed by atoms with Gasteiger partial charge in [0.05, 0.1) is 6.04 Å². The van der Waals surface area contributed by atoms with E-state index < -0.39 is 0 Å². The fraction of sp³-hybridized carbons (Fsp3) is 0.391. The van der Waals surface area contributed by atoms with Crippen LogP contribution in [0.25, 0.3) is 6.08 Å². The van der Waals surface area contributed by atoms with Crippen molar-refractivity contribution in [3.63, 3.8) is 0 Å². The summed E-state index contributed by atoms with van der Waals surface area (Å²) in [4.78, 5) is 0. The van der Waals surface area contributed by atoms with Crippen LogP contribution in [-0.4, -0.2) is 11.6 Å². The number of hydrogen-bond acceptors (Lipinski definition) is 2. The fourth-order valence-electron chi connectivity index (χ4n) is 5.27. The van der Waals surface area contributed by atoms with E-state index in [0.717, 1.165) is 33.6 Å². The zero-order valence-electron chi connectivity index (χ0n) is 15.8. The minimum absolute atomic E-state index is 0.0515. The number of fused-ring (bicyclic) bond motifs is 5. The topological polar surface area (TPSA) is 21.3 Å². The Morgan fingerprint density at radius 2 is 1.96 bits per heavy atom. The number of anilines is 1. The van der Waals surface area contributed by atoms with E-state index in [-0.39, 0.29) is 17.1 Å². The van der Waals surface area contributed by atoms with E-state index in [1.807, 2.05) is 6.07 Å². The van der Waals surface area contributed by atoms with Crippen molar-refractivity contribution in [1.82, 2.24) is 0 Å². The quantitative estimate of drug-likeness (QED) is 0.481. The molecule has 0 radical (unpaired) electrons. The number of halogens is 2. The first kappa shape index (κ1) is 17.6. The lowest BCUT2D eigenvalue weighted by atomic mass is 9.58. The summed E-state index contributed by atoms with van der Waals surface area (Å²) in [6.07, 6.45) is 4.50. The smallest absolute Gasteiger partial charge is 0.130 e.